The molecule has 1 fully saturated rings. The van der Waals surface area contributed by atoms with Crippen LogP contribution < -0.4 is 5.32 Å². The molecule has 0 spiro atoms. The van der Waals surface area contributed by atoms with Gasteiger partial charge in [0.25, 0.3) is 0 Å². The molecule has 8 heteroatoms. The van der Waals surface area contributed by atoms with Gasteiger partial charge in [-0.15, -0.1) is 0 Å². The fraction of sp³-hybridized carbons (Fsp3) is 0.619. The van der Waals surface area contributed by atoms with Crippen molar-refractivity contribution in [3.63, 3.8) is 0 Å². The first-order valence-corrected chi connectivity index (χ1v) is 12.8. The third-order valence-electron chi connectivity index (χ3n) is 4.68. The average Bonchev–Trinajstić information content (AvgIpc) is 3.00. The van der Waals surface area contributed by atoms with Crippen molar-refractivity contribution in [2.24, 2.45) is 11.3 Å². The van der Waals surface area contributed by atoms with Crippen LogP contribution in [0, 0.1) is 11.3 Å². The maximum atomic E-state index is 12.8. The quantitative estimate of drug-likeness (QED) is 0.449. The molecule has 0 bridgehead atoms. The van der Waals surface area contributed by atoms with Gasteiger partial charge in [0.1, 0.15) is 13.2 Å². The van der Waals surface area contributed by atoms with E-state index in [9.17, 15) is 9.59 Å². The van der Waals surface area contributed by atoms with Gasteiger partial charge in [-0.1, -0.05) is 52.2 Å². The smallest absolute Gasteiger partial charge is 0.412 e. The summed E-state index contributed by atoms with van der Waals surface area (Å²) in [6.45, 7) is 18.8. The zero-order valence-electron chi connectivity index (χ0n) is 18.4. The summed E-state index contributed by atoms with van der Waals surface area (Å²) in [5, 5.41) is 2.64. The predicted molar refractivity (Wildman–Crippen MR) is 117 cm³/mol. The summed E-state index contributed by atoms with van der Waals surface area (Å²) in [7, 11) is -1.51. The molecule has 0 aromatic carbocycles. The lowest BCUT2D eigenvalue weighted by Gasteiger charge is -2.37. The van der Waals surface area contributed by atoms with Crippen molar-refractivity contribution in [1.29, 1.82) is 0 Å². The monoisotopic (exact) mass is 424 g/mol. The van der Waals surface area contributed by atoms with Crippen LogP contribution >= 0.6 is 0 Å². The second kappa shape index (κ2) is 11.2. The number of likely N-dealkylation sites (tertiary alicyclic amines) is 1. The van der Waals surface area contributed by atoms with Crippen LogP contribution in [0.3, 0.4) is 0 Å². The van der Waals surface area contributed by atoms with Gasteiger partial charge < -0.3 is 19.2 Å². The van der Waals surface area contributed by atoms with Crippen LogP contribution in [-0.4, -0.2) is 58.2 Å². The topological polar surface area (TPSA) is 77.1 Å². The lowest BCUT2D eigenvalue weighted by atomic mass is 9.79. The van der Waals surface area contributed by atoms with E-state index in [1.54, 1.807) is 17.1 Å². The van der Waals surface area contributed by atoms with E-state index < -0.39 is 27.0 Å². The van der Waals surface area contributed by atoms with E-state index in [4.69, 9.17) is 13.9 Å². The Labute approximate surface area is 176 Å². The highest BCUT2D eigenvalue weighted by molar-refractivity contribution is 6.48. The highest BCUT2D eigenvalue weighted by Crippen LogP contribution is 2.44. The Bertz CT molecular complexity index is 615. The number of alkyl carbamates (subject to hydrolysis) is 1. The summed E-state index contributed by atoms with van der Waals surface area (Å²) in [6, 6.07) is 0. The fourth-order valence-electron chi connectivity index (χ4n) is 3.21. The Morgan fingerprint density at radius 2 is 1.83 bits per heavy atom. The zero-order chi connectivity index (χ0) is 22.1. The van der Waals surface area contributed by atoms with Crippen LogP contribution in [0.15, 0.2) is 37.5 Å². The van der Waals surface area contributed by atoms with Crippen LogP contribution in [-0.2, 0) is 13.9 Å². The third-order valence-corrected chi connectivity index (χ3v) is 5.56. The van der Waals surface area contributed by atoms with Crippen molar-refractivity contribution >= 4 is 21.2 Å². The zero-order valence-corrected chi connectivity index (χ0v) is 19.6. The van der Waals surface area contributed by atoms with E-state index in [2.05, 4.69) is 52.3 Å². The summed E-state index contributed by atoms with van der Waals surface area (Å²) in [6.07, 6.45) is 6.44. The van der Waals surface area contributed by atoms with Gasteiger partial charge in [0.15, 0.2) is 14.8 Å². The van der Waals surface area contributed by atoms with E-state index in [0.717, 1.165) is 0 Å². The molecule has 7 nitrogen and oxygen atoms in total. The van der Waals surface area contributed by atoms with Crippen molar-refractivity contribution in [2.45, 2.75) is 46.0 Å². The van der Waals surface area contributed by atoms with E-state index in [-0.39, 0.29) is 31.1 Å². The lowest BCUT2D eigenvalue weighted by Crippen LogP contribution is -2.50. The molecule has 164 valence electrons. The summed E-state index contributed by atoms with van der Waals surface area (Å²) in [5.74, 6) is 0.238. The molecule has 1 saturated heterocycles. The van der Waals surface area contributed by atoms with Gasteiger partial charge in [-0.05, 0) is 30.5 Å². The molecule has 0 unspecified atom stereocenters. The van der Waals surface area contributed by atoms with E-state index in [1.807, 2.05) is 6.08 Å². The maximum Gasteiger partial charge on any atom is 0.412 e. The Morgan fingerprint density at radius 3 is 2.38 bits per heavy atom. The second-order valence-corrected chi connectivity index (χ2v) is 10.8. The molecule has 1 rings (SSSR count). The average molecular weight is 425 g/mol. The lowest BCUT2D eigenvalue weighted by molar-refractivity contribution is -0.0132. The highest BCUT2D eigenvalue weighted by atomic mass is 28.3. The minimum absolute atomic E-state index is 0.00119. The summed E-state index contributed by atoms with van der Waals surface area (Å²) < 4.78 is 16.6. The van der Waals surface area contributed by atoms with Crippen molar-refractivity contribution < 1.29 is 23.5 Å². The molecular formula is C21H36N2O5Si. The van der Waals surface area contributed by atoms with E-state index in [1.165, 1.54) is 6.08 Å². The van der Waals surface area contributed by atoms with E-state index in [0.29, 0.717) is 13.0 Å². The molecule has 0 aromatic heterocycles. The molecule has 0 aromatic rings. The Morgan fingerprint density at radius 1 is 1.21 bits per heavy atom. The number of hydrogen-bond donors (Lipinski definition) is 1. The summed E-state index contributed by atoms with van der Waals surface area (Å²) in [5.41, 5.74) is -0.884. The van der Waals surface area contributed by atoms with Gasteiger partial charge >= 0.3 is 12.2 Å². The van der Waals surface area contributed by atoms with Crippen molar-refractivity contribution in [3.8, 4) is 0 Å². The molecule has 1 aliphatic heterocycles. The maximum absolute atomic E-state index is 12.8. The van der Waals surface area contributed by atoms with Crippen LogP contribution in [0.5, 0.6) is 0 Å². The predicted octanol–water partition coefficient (Wildman–Crippen LogP) is 3.84. The van der Waals surface area contributed by atoms with Gasteiger partial charge in [-0.3, -0.25) is 4.90 Å². The number of rotatable bonds is 9. The van der Waals surface area contributed by atoms with Crippen LogP contribution in [0.4, 0.5) is 9.59 Å². The normalized spacial score (nSPS) is 22.0. The first-order chi connectivity index (χ1) is 13.6. The van der Waals surface area contributed by atoms with E-state index >= 15 is 0 Å². The van der Waals surface area contributed by atoms with Gasteiger partial charge in [0.05, 0.1) is 0 Å². The largest absolute Gasteiger partial charge is 0.445 e. The molecule has 1 aliphatic rings. The number of carbonyl (C=O) groups excluding carboxylic acids is 2. The molecule has 0 radical (unpaired) electrons. The highest BCUT2D eigenvalue weighted by Gasteiger charge is 2.51. The van der Waals surface area contributed by atoms with Gasteiger partial charge in [0.2, 0.25) is 0 Å². The number of ether oxygens (including phenoxy) is 2. The van der Waals surface area contributed by atoms with Crippen molar-refractivity contribution in [3.05, 3.63) is 37.5 Å². The SMILES string of the molecule is C=CCOC(=O)NCC=C[C@@]1(O[SiH](C)C)C[C@H](C(C)(C)C)CN1C(=O)OCC=C. The summed E-state index contributed by atoms with van der Waals surface area (Å²) in [4.78, 5) is 26.1. The molecule has 1 heterocycles. The first kappa shape index (κ1) is 25.0. The minimum atomic E-state index is -1.51. The van der Waals surface area contributed by atoms with Crippen LogP contribution in [0.25, 0.3) is 0 Å². The Kier molecular flexibility index (Phi) is 9.65. The standard InChI is InChI=1S/C21H36N2O5Si/c1-8-13-26-18(24)22-12-10-11-21(28-29(6)7)15-17(20(3,4)5)16-23(21)19(25)27-14-9-2/h8-11,17,29H,1-2,12-16H2,3-7H3,(H,22,24)/t17-,21+/m0/s1. The summed E-state index contributed by atoms with van der Waals surface area (Å²) >= 11 is 0. The minimum Gasteiger partial charge on any atom is -0.445 e. The van der Waals surface area contributed by atoms with Crippen molar-refractivity contribution in [2.75, 3.05) is 26.3 Å². The number of hydrogen-bond acceptors (Lipinski definition) is 5. The third kappa shape index (κ3) is 7.70. The second-order valence-electron chi connectivity index (χ2n) is 8.43. The van der Waals surface area contributed by atoms with Gasteiger partial charge in [0, 0.05) is 19.5 Å². The fourth-order valence-corrected chi connectivity index (χ4v) is 4.33. The number of carbonyl (C=O) groups is 2. The Hall–Kier alpha value is -2.06. The molecular weight excluding hydrogens is 388 g/mol. The van der Waals surface area contributed by atoms with Crippen molar-refractivity contribution in [1.82, 2.24) is 10.2 Å². The molecule has 2 atom stereocenters. The molecule has 0 aliphatic carbocycles. The molecule has 1 N–H and O–H groups in total. The van der Waals surface area contributed by atoms with Crippen LogP contribution in [0.2, 0.25) is 13.1 Å². The number of amides is 2. The van der Waals surface area contributed by atoms with Crippen LogP contribution in [0.1, 0.15) is 27.2 Å². The van der Waals surface area contributed by atoms with Gasteiger partial charge in [-0.2, -0.15) is 0 Å². The van der Waals surface area contributed by atoms with Gasteiger partial charge in [-0.25, -0.2) is 9.59 Å². The number of nitrogens with one attached hydrogen (secondary N) is 1. The molecule has 29 heavy (non-hydrogen) atoms. The Balaban J connectivity index is 3.05. The molecule has 0 saturated carbocycles. The number of nitrogens with zero attached hydrogens (tertiary/aromatic N) is 1. The molecule has 2 amide bonds. The first-order valence-electron chi connectivity index (χ1n) is 9.98.